The highest BCUT2D eigenvalue weighted by Gasteiger charge is 2.05. The molecule has 2 heterocycles. The summed E-state index contributed by atoms with van der Waals surface area (Å²) in [5.41, 5.74) is 0. The van der Waals surface area contributed by atoms with E-state index >= 15 is 0 Å². The van der Waals surface area contributed by atoms with Crippen LogP contribution in [0.3, 0.4) is 0 Å². The van der Waals surface area contributed by atoms with Gasteiger partial charge in [0.2, 0.25) is 0 Å². The van der Waals surface area contributed by atoms with E-state index in [0.29, 0.717) is 0 Å². The second-order valence-corrected chi connectivity index (χ2v) is 8.34. The van der Waals surface area contributed by atoms with Crippen LogP contribution in [-0.4, -0.2) is 0 Å². The number of thiophene rings is 2. The molecular weight excluding hydrogens is 252 g/mol. The Balaban J connectivity index is 2.02. The van der Waals surface area contributed by atoms with Crippen molar-refractivity contribution in [3.8, 4) is 0 Å². The minimum atomic E-state index is 0.750. The molecule has 0 saturated heterocycles. The molecule has 3 heteroatoms. The molecule has 16 heavy (non-hydrogen) atoms. The summed E-state index contributed by atoms with van der Waals surface area (Å²) in [5.74, 6) is 0.750. The molecule has 2 aromatic rings. The van der Waals surface area contributed by atoms with Crippen LogP contribution < -0.4 is 0 Å². The highest BCUT2D eigenvalue weighted by Crippen LogP contribution is 2.37. The van der Waals surface area contributed by atoms with Gasteiger partial charge in [-0.15, -0.1) is 22.7 Å². The van der Waals surface area contributed by atoms with Gasteiger partial charge in [-0.2, -0.15) is 0 Å². The molecule has 0 atom stereocenters. The lowest BCUT2D eigenvalue weighted by Crippen LogP contribution is -1.89. The fourth-order valence-corrected chi connectivity index (χ4v) is 5.24. The van der Waals surface area contributed by atoms with E-state index < -0.39 is 0 Å². The summed E-state index contributed by atoms with van der Waals surface area (Å²) >= 11 is 5.70. The first-order valence-electron chi connectivity index (χ1n) is 5.46. The Kier molecular flexibility index (Phi) is 4.11. The van der Waals surface area contributed by atoms with Gasteiger partial charge in [0.05, 0.1) is 8.42 Å². The van der Waals surface area contributed by atoms with Gasteiger partial charge >= 0.3 is 0 Å². The summed E-state index contributed by atoms with van der Waals surface area (Å²) < 4.78 is 2.81. The molecule has 0 N–H and O–H groups in total. The van der Waals surface area contributed by atoms with Gasteiger partial charge in [-0.3, -0.25) is 0 Å². The molecule has 0 aliphatic heterocycles. The van der Waals surface area contributed by atoms with Gasteiger partial charge in [0, 0.05) is 9.75 Å². The maximum Gasteiger partial charge on any atom is 0.0657 e. The fraction of sp³-hybridized carbons (Fsp3) is 0.385. The molecule has 0 bridgehead atoms. The van der Waals surface area contributed by atoms with Crippen molar-refractivity contribution >= 4 is 34.4 Å². The first kappa shape index (κ1) is 12.2. The Labute approximate surface area is 110 Å². The normalized spacial score (nSPS) is 11.2. The van der Waals surface area contributed by atoms with E-state index in [1.165, 1.54) is 24.6 Å². The number of hydrogen-bond donors (Lipinski definition) is 0. The Morgan fingerprint density at radius 1 is 1.06 bits per heavy atom. The lowest BCUT2D eigenvalue weighted by atomic mass is 10.1. The first-order chi connectivity index (χ1) is 7.63. The van der Waals surface area contributed by atoms with Crippen molar-refractivity contribution in [3.05, 3.63) is 34.0 Å². The van der Waals surface area contributed by atoms with Crippen LogP contribution in [0.25, 0.3) is 0 Å². The van der Waals surface area contributed by atoms with Crippen LogP contribution in [0, 0.1) is 12.8 Å². The Morgan fingerprint density at radius 3 is 2.38 bits per heavy atom. The summed E-state index contributed by atoms with van der Waals surface area (Å²) in [6, 6.07) is 8.93. The maximum absolute atomic E-state index is 2.27. The Hall–Kier alpha value is -0.250. The van der Waals surface area contributed by atoms with E-state index in [2.05, 4.69) is 45.0 Å². The van der Waals surface area contributed by atoms with Crippen molar-refractivity contribution in [2.45, 2.75) is 35.6 Å². The van der Waals surface area contributed by atoms with E-state index in [1.807, 2.05) is 34.4 Å². The zero-order valence-electron chi connectivity index (χ0n) is 9.82. The van der Waals surface area contributed by atoms with Crippen molar-refractivity contribution < 1.29 is 0 Å². The molecule has 0 aromatic carbocycles. The van der Waals surface area contributed by atoms with E-state index in [4.69, 9.17) is 0 Å². The van der Waals surface area contributed by atoms with Gasteiger partial charge in [0.15, 0.2) is 0 Å². The van der Waals surface area contributed by atoms with Crippen LogP contribution in [-0.2, 0) is 6.42 Å². The molecule has 2 aromatic heterocycles. The van der Waals surface area contributed by atoms with Crippen LogP contribution in [0.1, 0.15) is 23.6 Å². The summed E-state index contributed by atoms with van der Waals surface area (Å²) in [5, 5.41) is 0. The van der Waals surface area contributed by atoms with Crippen molar-refractivity contribution in [3.63, 3.8) is 0 Å². The van der Waals surface area contributed by atoms with E-state index in [1.54, 1.807) is 0 Å². The molecular formula is C13H16S3. The third kappa shape index (κ3) is 3.37. The summed E-state index contributed by atoms with van der Waals surface area (Å²) in [7, 11) is 0. The van der Waals surface area contributed by atoms with Crippen molar-refractivity contribution in [1.82, 2.24) is 0 Å². The Morgan fingerprint density at radius 2 is 1.75 bits per heavy atom. The molecule has 0 amide bonds. The third-order valence-corrected chi connectivity index (χ3v) is 5.54. The van der Waals surface area contributed by atoms with Gasteiger partial charge < -0.3 is 0 Å². The minimum absolute atomic E-state index is 0.750. The zero-order valence-corrected chi connectivity index (χ0v) is 12.3. The first-order valence-corrected chi connectivity index (χ1v) is 7.91. The monoisotopic (exact) mass is 268 g/mol. The van der Waals surface area contributed by atoms with Crippen LogP contribution in [0.15, 0.2) is 32.7 Å². The smallest absolute Gasteiger partial charge is 0.0657 e. The molecule has 2 rings (SSSR count). The van der Waals surface area contributed by atoms with E-state index in [-0.39, 0.29) is 0 Å². The molecule has 0 aliphatic rings. The predicted molar refractivity (Wildman–Crippen MR) is 76.0 cm³/mol. The topological polar surface area (TPSA) is 0 Å². The maximum atomic E-state index is 2.27. The molecule has 0 unspecified atom stereocenters. The molecule has 0 aliphatic carbocycles. The largest absolute Gasteiger partial charge is 0.134 e. The van der Waals surface area contributed by atoms with E-state index in [0.717, 1.165) is 5.92 Å². The zero-order chi connectivity index (χ0) is 11.5. The summed E-state index contributed by atoms with van der Waals surface area (Å²) in [6.07, 6.45) is 1.20. The van der Waals surface area contributed by atoms with Gasteiger partial charge in [-0.25, -0.2) is 0 Å². The van der Waals surface area contributed by atoms with Crippen LogP contribution in [0.2, 0.25) is 0 Å². The lowest BCUT2D eigenvalue weighted by Gasteiger charge is -1.99. The third-order valence-electron chi connectivity index (χ3n) is 2.16. The molecule has 0 nitrogen and oxygen atoms in total. The molecule has 0 spiro atoms. The average molecular weight is 268 g/mol. The minimum Gasteiger partial charge on any atom is -0.134 e. The van der Waals surface area contributed by atoms with Crippen LogP contribution in [0.5, 0.6) is 0 Å². The number of aryl methyl sites for hydroxylation is 1. The summed E-state index contributed by atoms with van der Waals surface area (Å²) in [6.45, 7) is 6.71. The Bertz CT molecular complexity index is 451. The second-order valence-electron chi connectivity index (χ2n) is 4.29. The van der Waals surface area contributed by atoms with Crippen molar-refractivity contribution in [2.24, 2.45) is 5.92 Å². The van der Waals surface area contributed by atoms with Crippen LogP contribution >= 0.6 is 34.4 Å². The van der Waals surface area contributed by atoms with Gasteiger partial charge in [0.25, 0.3) is 0 Å². The SMILES string of the molecule is Cc1ccc(Sc2ccc(CC(C)C)s2)s1. The highest BCUT2D eigenvalue weighted by molar-refractivity contribution is 8.02. The van der Waals surface area contributed by atoms with Gasteiger partial charge in [0.1, 0.15) is 0 Å². The second kappa shape index (κ2) is 5.39. The van der Waals surface area contributed by atoms with E-state index in [9.17, 15) is 0 Å². The molecule has 0 fully saturated rings. The van der Waals surface area contributed by atoms with Gasteiger partial charge in [-0.1, -0.05) is 25.6 Å². The van der Waals surface area contributed by atoms with Gasteiger partial charge in [-0.05, 0) is 43.5 Å². The number of hydrogen-bond acceptors (Lipinski definition) is 3. The highest BCUT2D eigenvalue weighted by atomic mass is 32.2. The van der Waals surface area contributed by atoms with Crippen molar-refractivity contribution in [2.75, 3.05) is 0 Å². The van der Waals surface area contributed by atoms with Crippen LogP contribution in [0.4, 0.5) is 0 Å². The molecule has 0 radical (unpaired) electrons. The standard InChI is InChI=1S/C13H16S3/c1-9(2)8-11-5-7-13(15-11)16-12-6-4-10(3)14-12/h4-7,9H,8H2,1-3H3. The average Bonchev–Trinajstić information content (AvgIpc) is 2.76. The summed E-state index contributed by atoms with van der Waals surface area (Å²) in [4.78, 5) is 2.90. The molecule has 86 valence electrons. The molecule has 0 saturated carbocycles. The van der Waals surface area contributed by atoms with Crippen molar-refractivity contribution in [1.29, 1.82) is 0 Å². The quantitative estimate of drug-likeness (QED) is 0.708. The number of rotatable bonds is 4. The lowest BCUT2D eigenvalue weighted by molar-refractivity contribution is 0.654. The fourth-order valence-electron chi connectivity index (χ4n) is 1.49. The predicted octanol–water partition coefficient (Wildman–Crippen LogP) is 5.47.